The number of ether oxygens (including phenoxy) is 1. The maximum absolute atomic E-state index is 12.9. The standard InChI is InChI=1S/C22H24F3N3O3/c1-14-11-28(12-15(2)31-14)13-20(29)26-18-7-3-5-16(9-18)21(30)27-19-8-4-6-17(10-19)22(23,24)25/h3-10,14-15H,11-13H2,1-2H3,(H,26,29)(H,27,30). The van der Waals surface area contributed by atoms with Crippen LogP contribution in [0.2, 0.25) is 0 Å². The van der Waals surface area contributed by atoms with Crippen molar-refractivity contribution in [3.63, 3.8) is 0 Å². The third-order valence-corrected chi connectivity index (χ3v) is 4.72. The Hall–Kier alpha value is -2.91. The number of alkyl halides is 3. The fourth-order valence-electron chi connectivity index (χ4n) is 3.53. The number of carbonyl (C=O) groups is 2. The fraction of sp³-hybridized carbons (Fsp3) is 0.364. The Morgan fingerprint density at radius 3 is 2.26 bits per heavy atom. The molecule has 0 bridgehead atoms. The van der Waals surface area contributed by atoms with E-state index in [0.29, 0.717) is 18.8 Å². The van der Waals surface area contributed by atoms with Crippen LogP contribution in [0, 0.1) is 0 Å². The Bertz CT molecular complexity index is 939. The maximum Gasteiger partial charge on any atom is 0.416 e. The van der Waals surface area contributed by atoms with E-state index in [2.05, 4.69) is 10.6 Å². The van der Waals surface area contributed by atoms with E-state index in [1.807, 2.05) is 18.7 Å². The van der Waals surface area contributed by atoms with E-state index in [1.54, 1.807) is 12.1 Å². The summed E-state index contributed by atoms with van der Waals surface area (Å²) in [5.41, 5.74) is -0.178. The number of amides is 2. The molecule has 2 unspecified atom stereocenters. The SMILES string of the molecule is CC1CN(CC(=O)Nc2cccc(C(=O)Nc3cccc(C(F)(F)F)c3)c2)CC(C)O1. The predicted molar refractivity (Wildman–Crippen MR) is 111 cm³/mol. The zero-order valence-corrected chi connectivity index (χ0v) is 17.2. The average Bonchev–Trinajstić information content (AvgIpc) is 2.66. The lowest BCUT2D eigenvalue weighted by molar-refractivity contribution is -0.137. The van der Waals surface area contributed by atoms with E-state index in [-0.39, 0.29) is 35.9 Å². The van der Waals surface area contributed by atoms with Crippen LogP contribution in [0.25, 0.3) is 0 Å². The molecule has 31 heavy (non-hydrogen) atoms. The molecule has 0 radical (unpaired) electrons. The Labute approximate surface area is 178 Å². The number of nitrogens with zero attached hydrogens (tertiary/aromatic N) is 1. The molecule has 3 rings (SSSR count). The van der Waals surface area contributed by atoms with Crippen molar-refractivity contribution in [2.75, 3.05) is 30.3 Å². The topological polar surface area (TPSA) is 70.7 Å². The molecule has 0 aliphatic carbocycles. The van der Waals surface area contributed by atoms with E-state index in [1.165, 1.54) is 24.3 Å². The summed E-state index contributed by atoms with van der Waals surface area (Å²) in [6.45, 7) is 5.40. The van der Waals surface area contributed by atoms with E-state index >= 15 is 0 Å². The van der Waals surface area contributed by atoms with Crippen LogP contribution in [0.5, 0.6) is 0 Å². The highest BCUT2D eigenvalue weighted by Gasteiger charge is 2.30. The van der Waals surface area contributed by atoms with Gasteiger partial charge in [0.25, 0.3) is 5.91 Å². The van der Waals surface area contributed by atoms with Crippen LogP contribution >= 0.6 is 0 Å². The van der Waals surface area contributed by atoms with Crippen molar-refractivity contribution in [1.29, 1.82) is 0 Å². The first-order chi connectivity index (χ1) is 14.6. The normalized spacial score (nSPS) is 19.6. The summed E-state index contributed by atoms with van der Waals surface area (Å²) >= 11 is 0. The van der Waals surface area contributed by atoms with E-state index < -0.39 is 17.6 Å². The minimum atomic E-state index is -4.50. The van der Waals surface area contributed by atoms with Gasteiger partial charge in [-0.2, -0.15) is 13.2 Å². The summed E-state index contributed by atoms with van der Waals surface area (Å²) in [4.78, 5) is 26.9. The zero-order chi connectivity index (χ0) is 22.6. The number of halogens is 3. The third kappa shape index (κ3) is 6.53. The average molecular weight is 435 g/mol. The van der Waals surface area contributed by atoms with Gasteiger partial charge < -0.3 is 15.4 Å². The van der Waals surface area contributed by atoms with Gasteiger partial charge in [-0.15, -0.1) is 0 Å². The highest BCUT2D eigenvalue weighted by atomic mass is 19.4. The van der Waals surface area contributed by atoms with Gasteiger partial charge in [0.15, 0.2) is 0 Å². The first-order valence-corrected chi connectivity index (χ1v) is 9.86. The van der Waals surface area contributed by atoms with Gasteiger partial charge in [0.2, 0.25) is 5.91 Å². The molecule has 6 nitrogen and oxygen atoms in total. The van der Waals surface area contributed by atoms with Crippen molar-refractivity contribution in [3.05, 3.63) is 59.7 Å². The monoisotopic (exact) mass is 435 g/mol. The second-order valence-corrected chi connectivity index (χ2v) is 7.61. The fourth-order valence-corrected chi connectivity index (χ4v) is 3.53. The lowest BCUT2D eigenvalue weighted by Gasteiger charge is -2.34. The smallest absolute Gasteiger partial charge is 0.373 e. The molecule has 2 N–H and O–H groups in total. The van der Waals surface area contributed by atoms with Crippen LogP contribution < -0.4 is 10.6 Å². The molecule has 2 aromatic rings. The Balaban J connectivity index is 1.62. The minimum Gasteiger partial charge on any atom is -0.373 e. The lowest BCUT2D eigenvalue weighted by Crippen LogP contribution is -2.48. The van der Waals surface area contributed by atoms with Crippen LogP contribution in [0.1, 0.15) is 29.8 Å². The van der Waals surface area contributed by atoms with E-state index in [4.69, 9.17) is 4.74 Å². The number of nitrogens with one attached hydrogen (secondary N) is 2. The highest BCUT2D eigenvalue weighted by Crippen LogP contribution is 2.30. The second-order valence-electron chi connectivity index (χ2n) is 7.61. The molecule has 1 heterocycles. The summed E-state index contributed by atoms with van der Waals surface area (Å²) in [7, 11) is 0. The largest absolute Gasteiger partial charge is 0.416 e. The molecule has 0 spiro atoms. The van der Waals surface area contributed by atoms with Crippen molar-refractivity contribution in [1.82, 2.24) is 4.90 Å². The molecule has 1 aliphatic heterocycles. The molecule has 2 aromatic carbocycles. The molecule has 2 amide bonds. The van der Waals surface area contributed by atoms with Crippen molar-refractivity contribution in [2.24, 2.45) is 0 Å². The van der Waals surface area contributed by atoms with Crippen LogP contribution in [0.4, 0.5) is 24.5 Å². The molecular formula is C22H24F3N3O3. The molecule has 2 atom stereocenters. The first kappa shape index (κ1) is 22.8. The number of anilines is 2. The predicted octanol–water partition coefficient (Wildman–Crippen LogP) is 4.01. The Morgan fingerprint density at radius 2 is 1.61 bits per heavy atom. The van der Waals surface area contributed by atoms with Gasteiger partial charge in [0, 0.05) is 30.0 Å². The molecule has 1 fully saturated rings. The third-order valence-electron chi connectivity index (χ3n) is 4.72. The number of hydrogen-bond donors (Lipinski definition) is 2. The van der Waals surface area contributed by atoms with Crippen molar-refractivity contribution < 1.29 is 27.5 Å². The number of hydrogen-bond acceptors (Lipinski definition) is 4. The summed E-state index contributed by atoms with van der Waals surface area (Å²) in [6, 6.07) is 10.6. The molecule has 0 aromatic heterocycles. The van der Waals surface area contributed by atoms with Gasteiger partial charge in [0.05, 0.1) is 24.3 Å². The molecule has 9 heteroatoms. The van der Waals surface area contributed by atoms with Crippen molar-refractivity contribution >= 4 is 23.2 Å². The van der Waals surface area contributed by atoms with Crippen LogP contribution in [0.15, 0.2) is 48.5 Å². The van der Waals surface area contributed by atoms with Gasteiger partial charge in [-0.3, -0.25) is 14.5 Å². The summed E-state index contributed by atoms with van der Waals surface area (Å²) in [5, 5.41) is 5.21. The van der Waals surface area contributed by atoms with Gasteiger partial charge in [-0.25, -0.2) is 0 Å². The van der Waals surface area contributed by atoms with Crippen LogP contribution in [0.3, 0.4) is 0 Å². The minimum absolute atomic E-state index is 0.0322. The summed E-state index contributed by atoms with van der Waals surface area (Å²) in [5.74, 6) is -0.803. The van der Waals surface area contributed by atoms with Gasteiger partial charge >= 0.3 is 6.18 Å². The molecule has 1 aliphatic rings. The zero-order valence-electron chi connectivity index (χ0n) is 17.2. The second kappa shape index (κ2) is 9.49. The molecule has 166 valence electrons. The van der Waals surface area contributed by atoms with Crippen LogP contribution in [-0.4, -0.2) is 48.6 Å². The summed E-state index contributed by atoms with van der Waals surface area (Å²) < 4.78 is 44.2. The molecule has 0 saturated carbocycles. The molecule has 1 saturated heterocycles. The van der Waals surface area contributed by atoms with E-state index in [0.717, 1.165) is 12.1 Å². The maximum atomic E-state index is 12.9. The van der Waals surface area contributed by atoms with E-state index in [9.17, 15) is 22.8 Å². The van der Waals surface area contributed by atoms with Crippen molar-refractivity contribution in [2.45, 2.75) is 32.2 Å². The number of rotatable bonds is 5. The van der Waals surface area contributed by atoms with Crippen LogP contribution in [-0.2, 0) is 15.7 Å². The Kier molecular flexibility index (Phi) is 6.97. The Morgan fingerprint density at radius 1 is 1.00 bits per heavy atom. The molecular weight excluding hydrogens is 411 g/mol. The first-order valence-electron chi connectivity index (χ1n) is 9.86. The van der Waals surface area contributed by atoms with Crippen molar-refractivity contribution in [3.8, 4) is 0 Å². The lowest BCUT2D eigenvalue weighted by atomic mass is 10.1. The highest BCUT2D eigenvalue weighted by molar-refractivity contribution is 6.05. The van der Waals surface area contributed by atoms with Gasteiger partial charge in [0.1, 0.15) is 0 Å². The summed E-state index contributed by atoms with van der Waals surface area (Å²) in [6.07, 6.45) is -4.42. The quantitative estimate of drug-likeness (QED) is 0.745. The number of benzene rings is 2. The van der Waals surface area contributed by atoms with Gasteiger partial charge in [-0.05, 0) is 50.2 Å². The number of morpholine rings is 1. The van der Waals surface area contributed by atoms with Gasteiger partial charge in [-0.1, -0.05) is 12.1 Å². The number of carbonyl (C=O) groups excluding carboxylic acids is 2.